The molecular weight excluding hydrogens is 262 g/mol. The summed E-state index contributed by atoms with van der Waals surface area (Å²) in [5.74, 6) is 0.272. The number of hydrogen-bond acceptors (Lipinski definition) is 4. The lowest BCUT2D eigenvalue weighted by Crippen LogP contribution is -2.47. The minimum Gasteiger partial charge on any atom is -0.326 e. The van der Waals surface area contributed by atoms with E-state index in [2.05, 4.69) is 4.72 Å². The van der Waals surface area contributed by atoms with Gasteiger partial charge >= 0.3 is 0 Å². The second-order valence-electron chi connectivity index (χ2n) is 5.17. The average Bonchev–Trinajstić information content (AvgIpc) is 2.41. The first-order valence-electron chi connectivity index (χ1n) is 6.55. The largest absolute Gasteiger partial charge is 0.326 e. The van der Waals surface area contributed by atoms with Crippen LogP contribution in [0.2, 0.25) is 0 Å². The van der Waals surface area contributed by atoms with Crippen molar-refractivity contribution >= 4 is 10.0 Å². The van der Waals surface area contributed by atoms with Crippen LogP contribution in [0.1, 0.15) is 19.3 Å². The molecule has 19 heavy (non-hydrogen) atoms. The molecule has 1 unspecified atom stereocenters. The zero-order valence-electron chi connectivity index (χ0n) is 10.8. The molecule has 0 heterocycles. The lowest BCUT2D eigenvalue weighted by molar-refractivity contribution is 0.290. The van der Waals surface area contributed by atoms with Gasteiger partial charge in [-0.3, -0.25) is 0 Å². The highest BCUT2D eigenvalue weighted by Gasteiger charge is 2.26. The van der Waals surface area contributed by atoms with E-state index in [9.17, 15) is 8.42 Å². The molecule has 1 fully saturated rings. The van der Waals surface area contributed by atoms with Gasteiger partial charge in [0.15, 0.2) is 0 Å². The summed E-state index contributed by atoms with van der Waals surface area (Å²) in [6.45, 7) is 0.428. The Kier molecular flexibility index (Phi) is 4.57. The predicted molar refractivity (Wildman–Crippen MR) is 74.9 cm³/mol. The minimum absolute atomic E-state index is 0.0278. The molecule has 1 aromatic rings. The number of nitrogens with two attached hydrogens (primary N) is 2. The minimum atomic E-state index is -3.41. The van der Waals surface area contributed by atoms with Crippen molar-refractivity contribution in [1.82, 2.24) is 4.72 Å². The Bertz CT molecular complexity index is 504. The van der Waals surface area contributed by atoms with E-state index in [1.165, 1.54) is 0 Å². The summed E-state index contributed by atoms with van der Waals surface area (Å²) >= 11 is 0. The molecule has 0 bridgehead atoms. The van der Waals surface area contributed by atoms with Crippen molar-refractivity contribution in [3.05, 3.63) is 30.3 Å². The molecule has 1 saturated carbocycles. The molecular formula is C13H21N3O2S. The van der Waals surface area contributed by atoms with E-state index in [-0.39, 0.29) is 18.0 Å². The summed E-state index contributed by atoms with van der Waals surface area (Å²) in [6.07, 6.45) is 2.56. The fourth-order valence-corrected chi connectivity index (χ4v) is 3.55. The molecule has 1 aliphatic rings. The van der Waals surface area contributed by atoms with Gasteiger partial charge in [-0.05, 0) is 37.3 Å². The molecule has 0 aromatic heterocycles. The zero-order valence-corrected chi connectivity index (χ0v) is 11.6. The number of nitrogens with one attached hydrogen (secondary N) is 1. The highest BCUT2D eigenvalue weighted by molar-refractivity contribution is 7.89. The molecule has 3 atom stereocenters. The molecule has 106 valence electrons. The van der Waals surface area contributed by atoms with Crippen LogP contribution >= 0.6 is 0 Å². The summed E-state index contributed by atoms with van der Waals surface area (Å²) in [7, 11) is -3.41. The first kappa shape index (κ1) is 14.5. The Balaban J connectivity index is 1.92. The van der Waals surface area contributed by atoms with E-state index < -0.39 is 10.0 Å². The van der Waals surface area contributed by atoms with Crippen LogP contribution in [0.3, 0.4) is 0 Å². The number of sulfonamides is 1. The molecule has 1 aliphatic carbocycles. The molecule has 1 aromatic carbocycles. The van der Waals surface area contributed by atoms with E-state index in [1.807, 2.05) is 0 Å². The van der Waals surface area contributed by atoms with Crippen molar-refractivity contribution in [2.24, 2.45) is 17.4 Å². The highest BCUT2D eigenvalue weighted by Crippen LogP contribution is 2.22. The van der Waals surface area contributed by atoms with Crippen LogP contribution in [0.5, 0.6) is 0 Å². The number of hydrogen-bond donors (Lipinski definition) is 3. The molecule has 0 spiro atoms. The summed E-state index contributed by atoms with van der Waals surface area (Å²) in [4.78, 5) is 0.298. The van der Waals surface area contributed by atoms with Crippen LogP contribution in [-0.4, -0.2) is 27.0 Å². The topological polar surface area (TPSA) is 98.2 Å². The lowest BCUT2D eigenvalue weighted by Gasteiger charge is -2.31. The van der Waals surface area contributed by atoms with Gasteiger partial charge in [0.25, 0.3) is 0 Å². The van der Waals surface area contributed by atoms with Gasteiger partial charge in [-0.15, -0.1) is 0 Å². The number of rotatable bonds is 4. The standard InChI is InChI=1S/C13H21N3O2S/c14-12-7-6-10(8-13(12)15)9-16-19(17,18)11-4-2-1-3-5-11/h1-5,10,12-13,16H,6-9,14-15H2/t10?,12-,13+/m0/s1. The van der Waals surface area contributed by atoms with Crippen molar-refractivity contribution in [3.8, 4) is 0 Å². The molecule has 2 rings (SSSR count). The number of benzene rings is 1. The summed E-state index contributed by atoms with van der Waals surface area (Å²) in [6, 6.07) is 8.41. The second-order valence-corrected chi connectivity index (χ2v) is 6.94. The molecule has 5 N–H and O–H groups in total. The van der Waals surface area contributed by atoms with Crippen LogP contribution in [0.25, 0.3) is 0 Å². The van der Waals surface area contributed by atoms with Crippen molar-refractivity contribution < 1.29 is 8.42 Å². The van der Waals surface area contributed by atoms with Gasteiger partial charge in [-0.2, -0.15) is 0 Å². The average molecular weight is 283 g/mol. The van der Waals surface area contributed by atoms with Gasteiger partial charge in [0.2, 0.25) is 10.0 Å². The molecule has 0 saturated heterocycles. The van der Waals surface area contributed by atoms with E-state index in [4.69, 9.17) is 11.5 Å². The maximum absolute atomic E-state index is 12.1. The van der Waals surface area contributed by atoms with E-state index in [1.54, 1.807) is 30.3 Å². The predicted octanol–water partition coefficient (Wildman–Crippen LogP) is 0.420. The third kappa shape index (κ3) is 3.76. The van der Waals surface area contributed by atoms with Gasteiger partial charge in [0.1, 0.15) is 0 Å². The summed E-state index contributed by atoms with van der Waals surface area (Å²) in [5.41, 5.74) is 11.8. The first-order valence-corrected chi connectivity index (χ1v) is 8.03. The van der Waals surface area contributed by atoms with Gasteiger partial charge in [0.05, 0.1) is 4.90 Å². The smallest absolute Gasteiger partial charge is 0.240 e. The van der Waals surface area contributed by atoms with Crippen LogP contribution in [0.4, 0.5) is 0 Å². The monoisotopic (exact) mass is 283 g/mol. The molecule has 0 radical (unpaired) electrons. The molecule has 6 heteroatoms. The maximum atomic E-state index is 12.1. The molecule has 0 aliphatic heterocycles. The van der Waals surface area contributed by atoms with Crippen LogP contribution in [0, 0.1) is 5.92 Å². The normalized spacial score (nSPS) is 28.2. The fraction of sp³-hybridized carbons (Fsp3) is 0.538. The zero-order chi connectivity index (χ0) is 13.9. The maximum Gasteiger partial charge on any atom is 0.240 e. The Morgan fingerprint density at radius 2 is 1.79 bits per heavy atom. The van der Waals surface area contributed by atoms with Crippen LogP contribution in [-0.2, 0) is 10.0 Å². The van der Waals surface area contributed by atoms with Crippen LogP contribution < -0.4 is 16.2 Å². The second kappa shape index (κ2) is 6.00. The van der Waals surface area contributed by atoms with Crippen molar-refractivity contribution in [1.29, 1.82) is 0 Å². The Morgan fingerprint density at radius 1 is 1.11 bits per heavy atom. The van der Waals surface area contributed by atoms with Gasteiger partial charge in [-0.25, -0.2) is 13.1 Å². The van der Waals surface area contributed by atoms with Gasteiger partial charge < -0.3 is 11.5 Å². The summed E-state index contributed by atoms with van der Waals surface area (Å²) in [5, 5.41) is 0. The third-order valence-electron chi connectivity index (χ3n) is 3.68. The lowest BCUT2D eigenvalue weighted by atomic mass is 9.83. The van der Waals surface area contributed by atoms with Crippen LogP contribution in [0.15, 0.2) is 35.2 Å². The van der Waals surface area contributed by atoms with Gasteiger partial charge in [0, 0.05) is 18.6 Å². The van der Waals surface area contributed by atoms with Crippen molar-refractivity contribution in [2.75, 3.05) is 6.54 Å². The first-order chi connectivity index (χ1) is 8.99. The van der Waals surface area contributed by atoms with E-state index in [0.717, 1.165) is 19.3 Å². The van der Waals surface area contributed by atoms with Crippen molar-refractivity contribution in [2.45, 2.75) is 36.2 Å². The SMILES string of the molecule is N[C@@H]1CC(CNS(=O)(=O)c2ccccc2)CC[C@@H]1N. The van der Waals surface area contributed by atoms with Crippen molar-refractivity contribution in [3.63, 3.8) is 0 Å². The van der Waals surface area contributed by atoms with Gasteiger partial charge in [-0.1, -0.05) is 18.2 Å². The highest BCUT2D eigenvalue weighted by atomic mass is 32.2. The Hall–Kier alpha value is -0.950. The fourth-order valence-electron chi connectivity index (χ4n) is 2.42. The third-order valence-corrected chi connectivity index (χ3v) is 5.12. The Morgan fingerprint density at radius 3 is 2.42 bits per heavy atom. The Labute approximate surface area is 114 Å². The summed E-state index contributed by atoms with van der Waals surface area (Å²) < 4.78 is 26.8. The van der Waals surface area contributed by atoms with E-state index >= 15 is 0 Å². The molecule has 5 nitrogen and oxygen atoms in total. The quantitative estimate of drug-likeness (QED) is 0.746. The molecule has 0 amide bonds. The van der Waals surface area contributed by atoms with E-state index in [0.29, 0.717) is 11.4 Å².